The van der Waals surface area contributed by atoms with Gasteiger partial charge < -0.3 is 14.5 Å². The average molecular weight is 485 g/mol. The van der Waals surface area contributed by atoms with Gasteiger partial charge in [-0.3, -0.25) is 14.5 Å². The Kier molecular flexibility index (Phi) is 7.34. The zero-order chi connectivity index (χ0) is 19.2. The number of nitrogens with zero attached hydrogens (tertiary/aromatic N) is 3. The molecule has 1 atom stereocenters. The molecule has 6 nitrogen and oxygen atoms in total. The van der Waals surface area contributed by atoms with E-state index < -0.39 is 0 Å². The highest BCUT2D eigenvalue weighted by atomic mass is 127. The number of rotatable bonds is 5. The molecule has 7 heteroatoms. The molecule has 1 unspecified atom stereocenters. The van der Waals surface area contributed by atoms with E-state index in [-0.39, 0.29) is 18.4 Å². The van der Waals surface area contributed by atoms with Crippen LogP contribution in [0.1, 0.15) is 26.2 Å². The Morgan fingerprint density at radius 3 is 2.41 bits per heavy atom. The van der Waals surface area contributed by atoms with Crippen LogP contribution in [-0.2, 0) is 9.59 Å². The third-order valence-corrected chi connectivity index (χ3v) is 6.10. The van der Waals surface area contributed by atoms with Gasteiger partial charge in [-0.15, -0.1) is 0 Å². The monoisotopic (exact) mass is 485 g/mol. The number of benzene rings is 1. The second-order valence-electron chi connectivity index (χ2n) is 7.33. The van der Waals surface area contributed by atoms with Crippen molar-refractivity contribution in [1.29, 1.82) is 0 Å². The van der Waals surface area contributed by atoms with Crippen LogP contribution in [0, 0.1) is 3.57 Å². The lowest BCUT2D eigenvalue weighted by Crippen LogP contribution is -2.53. The molecule has 0 saturated carbocycles. The fourth-order valence-corrected chi connectivity index (χ4v) is 4.03. The second-order valence-corrected chi connectivity index (χ2v) is 8.58. The van der Waals surface area contributed by atoms with Crippen LogP contribution in [0.4, 0.5) is 0 Å². The summed E-state index contributed by atoms with van der Waals surface area (Å²) in [5, 5.41) is 0. The first-order valence-corrected chi connectivity index (χ1v) is 10.8. The summed E-state index contributed by atoms with van der Waals surface area (Å²) in [7, 11) is 0. The molecule has 0 spiro atoms. The lowest BCUT2D eigenvalue weighted by Gasteiger charge is -2.38. The van der Waals surface area contributed by atoms with E-state index in [0.29, 0.717) is 31.4 Å². The molecule has 3 rings (SSSR count). The second kappa shape index (κ2) is 9.73. The normalized spacial score (nSPS) is 21.2. The summed E-state index contributed by atoms with van der Waals surface area (Å²) < 4.78 is 6.72. The Morgan fingerprint density at radius 1 is 1.04 bits per heavy atom. The average Bonchev–Trinajstić information content (AvgIpc) is 2.68. The molecule has 2 fully saturated rings. The molecule has 2 saturated heterocycles. The lowest BCUT2D eigenvalue weighted by molar-refractivity contribution is -0.138. The number of halogens is 1. The SMILES string of the molecule is CC1CCCCN1C(=O)CN1CCN(C(=O)COc2ccc(I)cc2)CC1. The quantitative estimate of drug-likeness (QED) is 0.601. The van der Waals surface area contributed by atoms with Crippen molar-refractivity contribution in [1.82, 2.24) is 14.7 Å². The number of piperazine rings is 1. The fourth-order valence-electron chi connectivity index (χ4n) is 3.67. The van der Waals surface area contributed by atoms with Crippen molar-refractivity contribution < 1.29 is 14.3 Å². The van der Waals surface area contributed by atoms with Gasteiger partial charge in [-0.25, -0.2) is 0 Å². The van der Waals surface area contributed by atoms with Crippen molar-refractivity contribution in [2.45, 2.75) is 32.2 Å². The van der Waals surface area contributed by atoms with Gasteiger partial charge in [0.25, 0.3) is 5.91 Å². The minimum absolute atomic E-state index is 0.00387. The smallest absolute Gasteiger partial charge is 0.260 e. The van der Waals surface area contributed by atoms with Gasteiger partial charge in [0.2, 0.25) is 5.91 Å². The predicted octanol–water partition coefficient (Wildman–Crippen LogP) is 2.22. The number of carbonyl (C=O) groups is 2. The number of hydrogen-bond donors (Lipinski definition) is 0. The molecule has 1 aromatic carbocycles. The molecule has 2 amide bonds. The molecule has 0 N–H and O–H groups in total. The van der Waals surface area contributed by atoms with Crippen LogP contribution in [-0.4, -0.2) is 78.4 Å². The highest BCUT2D eigenvalue weighted by molar-refractivity contribution is 14.1. The standard InChI is InChI=1S/C20H28IN3O3/c1-16-4-2-3-9-24(16)19(25)14-22-10-12-23(13-11-22)20(26)15-27-18-7-5-17(21)6-8-18/h5-8,16H,2-4,9-15H2,1H3. The van der Waals surface area contributed by atoms with Crippen LogP contribution in [0.15, 0.2) is 24.3 Å². The maximum absolute atomic E-state index is 12.6. The number of piperidine rings is 1. The van der Waals surface area contributed by atoms with Gasteiger partial charge >= 0.3 is 0 Å². The van der Waals surface area contributed by atoms with E-state index in [4.69, 9.17) is 4.74 Å². The molecule has 0 bridgehead atoms. The lowest BCUT2D eigenvalue weighted by atomic mass is 10.0. The summed E-state index contributed by atoms with van der Waals surface area (Å²) in [6.45, 7) is 6.33. The molecule has 27 heavy (non-hydrogen) atoms. The van der Waals surface area contributed by atoms with Crippen molar-refractivity contribution in [3.8, 4) is 5.75 Å². The third-order valence-electron chi connectivity index (χ3n) is 5.38. The third kappa shape index (κ3) is 5.81. The Balaban J connectivity index is 1.39. The molecular formula is C20H28IN3O3. The van der Waals surface area contributed by atoms with Crippen molar-refractivity contribution in [3.63, 3.8) is 0 Å². The Bertz CT molecular complexity index is 644. The number of hydrogen-bond acceptors (Lipinski definition) is 4. The molecule has 2 heterocycles. The van der Waals surface area contributed by atoms with Gasteiger partial charge in [0.15, 0.2) is 6.61 Å². The summed E-state index contributed by atoms with van der Waals surface area (Å²) in [5.74, 6) is 0.942. The molecular weight excluding hydrogens is 457 g/mol. The first-order chi connectivity index (χ1) is 13.0. The van der Waals surface area contributed by atoms with Crippen LogP contribution in [0.2, 0.25) is 0 Å². The van der Waals surface area contributed by atoms with E-state index in [1.165, 1.54) is 6.42 Å². The van der Waals surface area contributed by atoms with Crippen LogP contribution < -0.4 is 4.74 Å². The van der Waals surface area contributed by atoms with E-state index >= 15 is 0 Å². The van der Waals surface area contributed by atoms with E-state index in [9.17, 15) is 9.59 Å². The van der Waals surface area contributed by atoms with E-state index in [2.05, 4.69) is 34.4 Å². The van der Waals surface area contributed by atoms with Gasteiger partial charge in [0, 0.05) is 42.3 Å². The highest BCUT2D eigenvalue weighted by Crippen LogP contribution is 2.17. The van der Waals surface area contributed by atoms with Crippen LogP contribution in [0.5, 0.6) is 5.75 Å². The molecule has 0 aromatic heterocycles. The summed E-state index contributed by atoms with van der Waals surface area (Å²) in [5.41, 5.74) is 0. The minimum atomic E-state index is 0.00387. The van der Waals surface area contributed by atoms with Gasteiger partial charge in [0.1, 0.15) is 5.75 Å². The van der Waals surface area contributed by atoms with Crippen LogP contribution >= 0.6 is 22.6 Å². The Morgan fingerprint density at radius 2 is 1.74 bits per heavy atom. The Hall–Kier alpha value is -1.35. The number of carbonyl (C=O) groups excluding carboxylic acids is 2. The first kappa shape index (κ1) is 20.4. The minimum Gasteiger partial charge on any atom is -0.484 e. The summed E-state index contributed by atoms with van der Waals surface area (Å²) in [6, 6.07) is 8.02. The molecule has 2 aliphatic heterocycles. The van der Waals surface area contributed by atoms with Gasteiger partial charge in [-0.2, -0.15) is 0 Å². The first-order valence-electron chi connectivity index (χ1n) is 9.71. The van der Waals surface area contributed by atoms with Crippen LogP contribution in [0.3, 0.4) is 0 Å². The summed E-state index contributed by atoms with van der Waals surface area (Å²) in [6.07, 6.45) is 3.43. The molecule has 148 valence electrons. The van der Waals surface area contributed by atoms with Crippen molar-refractivity contribution in [2.24, 2.45) is 0 Å². The number of amides is 2. The zero-order valence-corrected chi connectivity index (χ0v) is 18.1. The molecule has 0 aliphatic carbocycles. The Labute approximate surface area is 175 Å². The van der Waals surface area contributed by atoms with Gasteiger partial charge in [0.05, 0.1) is 6.54 Å². The van der Waals surface area contributed by atoms with Crippen molar-refractivity contribution in [2.75, 3.05) is 45.9 Å². The summed E-state index contributed by atoms with van der Waals surface area (Å²) >= 11 is 2.24. The van der Waals surface area contributed by atoms with Crippen molar-refractivity contribution >= 4 is 34.4 Å². The number of ether oxygens (including phenoxy) is 1. The van der Waals surface area contributed by atoms with Gasteiger partial charge in [-0.05, 0) is 73.0 Å². The molecule has 1 aromatic rings. The maximum atomic E-state index is 12.6. The number of likely N-dealkylation sites (tertiary alicyclic amines) is 1. The van der Waals surface area contributed by atoms with E-state index in [0.717, 1.165) is 36.0 Å². The van der Waals surface area contributed by atoms with Crippen molar-refractivity contribution in [3.05, 3.63) is 27.8 Å². The maximum Gasteiger partial charge on any atom is 0.260 e. The summed E-state index contributed by atoms with van der Waals surface area (Å²) in [4.78, 5) is 30.9. The fraction of sp³-hybridized carbons (Fsp3) is 0.600. The highest BCUT2D eigenvalue weighted by Gasteiger charge is 2.27. The largest absolute Gasteiger partial charge is 0.484 e. The van der Waals surface area contributed by atoms with E-state index in [1.54, 1.807) is 0 Å². The molecule has 2 aliphatic rings. The predicted molar refractivity (Wildman–Crippen MR) is 113 cm³/mol. The van der Waals surface area contributed by atoms with Gasteiger partial charge in [-0.1, -0.05) is 0 Å². The zero-order valence-electron chi connectivity index (χ0n) is 15.9. The topological polar surface area (TPSA) is 53.1 Å². The molecule has 0 radical (unpaired) electrons. The van der Waals surface area contributed by atoms with Crippen LogP contribution in [0.25, 0.3) is 0 Å². The van der Waals surface area contributed by atoms with E-state index in [1.807, 2.05) is 34.1 Å².